The van der Waals surface area contributed by atoms with Gasteiger partial charge < -0.3 is 42.6 Å². The van der Waals surface area contributed by atoms with Gasteiger partial charge in [0.05, 0.1) is 4.90 Å². The van der Waals surface area contributed by atoms with Gasteiger partial charge in [-0.05, 0) is 25.5 Å². The van der Waals surface area contributed by atoms with E-state index in [9.17, 15) is 8.42 Å². The molecule has 0 fully saturated rings. The van der Waals surface area contributed by atoms with E-state index in [0.717, 1.165) is 12.0 Å². The first kappa shape index (κ1) is 29.8. The van der Waals surface area contributed by atoms with Crippen LogP contribution in [0.15, 0.2) is 29.2 Å². The van der Waals surface area contributed by atoms with Crippen LogP contribution in [0.25, 0.3) is 0 Å². The maximum Gasteiger partial charge on any atom is 0.323 e. The molecule has 13 nitrogen and oxygen atoms in total. The molecule has 1 aromatic rings. The highest BCUT2D eigenvalue weighted by Gasteiger charge is 2.16. The molecule has 0 N–H and O–H groups in total. The van der Waals surface area contributed by atoms with E-state index < -0.39 is 16.9 Å². The first-order chi connectivity index (χ1) is 16.1. The van der Waals surface area contributed by atoms with Crippen molar-refractivity contribution in [3.63, 3.8) is 0 Å². The van der Waals surface area contributed by atoms with Gasteiger partial charge in [0.1, 0.15) is 6.79 Å². The number of rotatable bonds is 23. The van der Waals surface area contributed by atoms with Gasteiger partial charge in [0, 0.05) is 6.61 Å². The Bertz CT molecular complexity index is 669. The normalized spacial score (nSPS) is 11.8. The third-order valence-electron chi connectivity index (χ3n) is 3.26. The molecule has 0 unspecified atom stereocenters. The lowest BCUT2D eigenvalue weighted by molar-refractivity contribution is -0.286. The molecule has 0 aromatic heterocycles. The van der Waals surface area contributed by atoms with Crippen LogP contribution in [0.4, 0.5) is 0 Å². The van der Waals surface area contributed by atoms with Gasteiger partial charge in [0.15, 0.2) is 54.3 Å². The maximum atomic E-state index is 11.8. The van der Waals surface area contributed by atoms with Crippen molar-refractivity contribution < 1.29 is 60.3 Å². The van der Waals surface area contributed by atoms with E-state index in [1.54, 1.807) is 12.1 Å². The van der Waals surface area contributed by atoms with Gasteiger partial charge in [0.25, 0.3) is 0 Å². The highest BCUT2D eigenvalue weighted by Crippen LogP contribution is 2.13. The van der Waals surface area contributed by atoms with Crippen molar-refractivity contribution in [2.24, 2.45) is 0 Å². The van der Waals surface area contributed by atoms with Crippen molar-refractivity contribution >= 4 is 10.1 Å². The van der Waals surface area contributed by atoms with Gasteiger partial charge in [-0.15, -0.1) is 4.33 Å². The molecule has 0 bridgehead atoms. The minimum Gasteiger partial charge on any atom is -0.355 e. The van der Waals surface area contributed by atoms with E-state index in [0.29, 0.717) is 6.61 Å². The van der Waals surface area contributed by atoms with Crippen molar-refractivity contribution in [2.75, 3.05) is 67.7 Å². The number of ether oxygens (including phenoxy) is 9. The molecule has 0 saturated carbocycles. The Kier molecular flexibility index (Phi) is 18.2. The number of aryl methyl sites for hydroxylation is 1. The summed E-state index contributed by atoms with van der Waals surface area (Å²) in [5.41, 5.74) is 0.918. The van der Waals surface area contributed by atoms with Crippen LogP contribution < -0.4 is 0 Å². The van der Waals surface area contributed by atoms with Crippen LogP contribution in [-0.4, -0.2) is 76.2 Å². The summed E-state index contributed by atoms with van der Waals surface area (Å²) in [5, 5.41) is 0. The zero-order valence-electron chi connectivity index (χ0n) is 18.8. The van der Waals surface area contributed by atoms with Crippen molar-refractivity contribution in [1.82, 2.24) is 0 Å². The molecule has 0 aliphatic carbocycles. The standard InChI is InChI=1S/C19H32O13S/c1-3-8-22-9-23-10-24-11-25-12-26-13-27-14-28-15-29-16-30-17-31-32-33(20,21)19-6-4-18(2)5-7-19/h4-7H,3,8-17H2,1-2H3. The summed E-state index contributed by atoms with van der Waals surface area (Å²) >= 11 is 0. The van der Waals surface area contributed by atoms with Crippen molar-refractivity contribution in [3.05, 3.63) is 29.8 Å². The lowest BCUT2D eigenvalue weighted by atomic mass is 10.2. The summed E-state index contributed by atoms with van der Waals surface area (Å²) in [7, 11) is -4.02. The molecule has 0 heterocycles. The van der Waals surface area contributed by atoms with E-state index in [1.807, 2.05) is 13.8 Å². The number of hydrogen-bond acceptors (Lipinski definition) is 13. The summed E-state index contributed by atoms with van der Waals surface area (Å²) < 4.78 is 73.1. The molecule has 0 aliphatic rings. The zero-order valence-corrected chi connectivity index (χ0v) is 19.6. The van der Waals surface area contributed by atoms with Crippen LogP contribution >= 0.6 is 0 Å². The average Bonchev–Trinajstić information content (AvgIpc) is 2.80. The highest BCUT2D eigenvalue weighted by atomic mass is 32.2. The topological polar surface area (TPSA) is 136 Å². The zero-order chi connectivity index (χ0) is 24.0. The Morgan fingerprint density at radius 2 is 1.00 bits per heavy atom. The van der Waals surface area contributed by atoms with Crippen molar-refractivity contribution in [1.29, 1.82) is 0 Å². The summed E-state index contributed by atoms with van der Waals surface area (Å²) in [5.74, 6) is 0. The van der Waals surface area contributed by atoms with Crippen LogP contribution in [0.3, 0.4) is 0 Å². The highest BCUT2D eigenvalue weighted by molar-refractivity contribution is 7.86. The molecule has 33 heavy (non-hydrogen) atoms. The van der Waals surface area contributed by atoms with E-state index in [4.69, 9.17) is 42.6 Å². The molecule has 1 aromatic carbocycles. The molecule has 0 amide bonds. The largest absolute Gasteiger partial charge is 0.355 e. The minimum absolute atomic E-state index is 0.00472. The van der Waals surface area contributed by atoms with Gasteiger partial charge in [0.2, 0.25) is 0 Å². The Hall–Kier alpha value is -1.27. The summed E-state index contributed by atoms with van der Waals surface area (Å²) in [6.45, 7) is 3.74. The average molecular weight is 501 g/mol. The smallest absolute Gasteiger partial charge is 0.323 e. The summed E-state index contributed by atoms with van der Waals surface area (Å²) in [4.78, 5) is 4.48. The van der Waals surface area contributed by atoms with Crippen LogP contribution in [0.2, 0.25) is 0 Å². The van der Waals surface area contributed by atoms with Crippen LogP contribution in [0, 0.1) is 6.92 Å². The quantitative estimate of drug-likeness (QED) is 0.0936. The molecular formula is C19H32O13S. The van der Waals surface area contributed by atoms with Gasteiger partial charge >= 0.3 is 10.1 Å². The molecule has 1 rings (SSSR count). The number of benzene rings is 1. The predicted octanol–water partition coefficient (Wildman–Crippen LogP) is 1.81. The Morgan fingerprint density at radius 3 is 1.42 bits per heavy atom. The van der Waals surface area contributed by atoms with Crippen LogP contribution in [0.5, 0.6) is 0 Å². The minimum atomic E-state index is -4.02. The Morgan fingerprint density at radius 1 is 0.606 bits per heavy atom. The second kappa shape index (κ2) is 20.1. The first-order valence-electron chi connectivity index (χ1n) is 9.88. The molecule has 0 radical (unpaired) electrons. The van der Waals surface area contributed by atoms with Crippen molar-refractivity contribution in [2.45, 2.75) is 25.2 Å². The van der Waals surface area contributed by atoms with Gasteiger partial charge in [-0.2, -0.15) is 13.3 Å². The van der Waals surface area contributed by atoms with Crippen LogP contribution in [-0.2, 0) is 62.0 Å². The molecule has 192 valence electrons. The molecule has 14 heteroatoms. The molecule has 0 aliphatic heterocycles. The van der Waals surface area contributed by atoms with E-state index in [-0.39, 0.29) is 59.2 Å². The van der Waals surface area contributed by atoms with E-state index in [2.05, 4.69) is 9.22 Å². The first-order valence-corrected chi connectivity index (χ1v) is 11.3. The van der Waals surface area contributed by atoms with Gasteiger partial charge in [-0.1, -0.05) is 24.6 Å². The van der Waals surface area contributed by atoms with Gasteiger partial charge in [-0.3, -0.25) is 0 Å². The molecule has 0 saturated heterocycles. The number of hydrogen-bond donors (Lipinski definition) is 0. The lowest BCUT2D eigenvalue weighted by Crippen LogP contribution is -2.13. The predicted molar refractivity (Wildman–Crippen MR) is 109 cm³/mol. The third-order valence-corrected chi connectivity index (χ3v) is 4.39. The molecule has 0 spiro atoms. The van der Waals surface area contributed by atoms with Gasteiger partial charge in [-0.25, -0.2) is 0 Å². The molecule has 0 atom stereocenters. The Labute approximate surface area is 193 Å². The van der Waals surface area contributed by atoms with E-state index >= 15 is 0 Å². The monoisotopic (exact) mass is 500 g/mol. The third kappa shape index (κ3) is 16.9. The lowest BCUT2D eigenvalue weighted by Gasteiger charge is -2.09. The second-order valence-corrected chi connectivity index (χ2v) is 7.57. The fraction of sp³-hybridized carbons (Fsp3) is 0.684. The molecular weight excluding hydrogens is 468 g/mol. The van der Waals surface area contributed by atoms with E-state index in [1.165, 1.54) is 12.1 Å². The van der Waals surface area contributed by atoms with Crippen molar-refractivity contribution in [3.8, 4) is 0 Å². The fourth-order valence-corrected chi connectivity index (χ4v) is 2.52. The van der Waals surface area contributed by atoms with Crippen LogP contribution in [0.1, 0.15) is 18.9 Å². The Balaban J connectivity index is 1.79. The summed E-state index contributed by atoms with van der Waals surface area (Å²) in [6.07, 6.45) is 0.927. The second-order valence-electron chi connectivity index (χ2n) is 6.05. The SMILES string of the molecule is CCCOCOCOCOCOCOCOCOCOCOOS(=O)(=O)c1ccc(C)cc1. The fourth-order valence-electron chi connectivity index (χ4n) is 1.81. The maximum absolute atomic E-state index is 11.8. The summed E-state index contributed by atoms with van der Waals surface area (Å²) in [6, 6.07) is 6.10.